The molecule has 124 valence electrons. The zero-order valence-corrected chi connectivity index (χ0v) is 14.0. The van der Waals surface area contributed by atoms with Gasteiger partial charge in [-0.25, -0.2) is 13.1 Å². The van der Waals surface area contributed by atoms with E-state index in [1.54, 1.807) is 42.7 Å². The Morgan fingerprint density at radius 1 is 1.08 bits per heavy atom. The van der Waals surface area contributed by atoms with Gasteiger partial charge in [-0.2, -0.15) is 0 Å². The van der Waals surface area contributed by atoms with Gasteiger partial charge in [-0.15, -0.1) is 0 Å². The van der Waals surface area contributed by atoms with Gasteiger partial charge in [-0.3, -0.25) is 4.98 Å². The van der Waals surface area contributed by atoms with Crippen molar-refractivity contribution in [3.8, 4) is 11.3 Å². The molecule has 0 aliphatic carbocycles. The molecule has 0 radical (unpaired) electrons. The van der Waals surface area contributed by atoms with Gasteiger partial charge < -0.3 is 4.52 Å². The molecule has 24 heavy (non-hydrogen) atoms. The average Bonchev–Trinajstić information content (AvgIpc) is 3.04. The molecule has 6 nitrogen and oxygen atoms in total. The van der Waals surface area contributed by atoms with E-state index in [-0.39, 0.29) is 10.8 Å². The summed E-state index contributed by atoms with van der Waals surface area (Å²) in [4.78, 5) is 4.11. The first-order valence-corrected chi connectivity index (χ1v) is 9.05. The molecule has 1 N–H and O–H groups in total. The quantitative estimate of drug-likeness (QED) is 0.740. The number of hydrogen-bond donors (Lipinski definition) is 1. The molecular weight excluding hydrogens is 326 g/mol. The van der Waals surface area contributed by atoms with Crippen LogP contribution in [-0.2, 0) is 16.4 Å². The van der Waals surface area contributed by atoms with Crippen molar-refractivity contribution < 1.29 is 12.9 Å². The van der Waals surface area contributed by atoms with E-state index in [1.165, 1.54) is 0 Å². The summed E-state index contributed by atoms with van der Waals surface area (Å²) in [6.45, 7) is 2.08. The van der Waals surface area contributed by atoms with Gasteiger partial charge in [-0.05, 0) is 36.2 Å². The first kappa shape index (κ1) is 16.2. The molecule has 2 aromatic heterocycles. The van der Waals surface area contributed by atoms with Crippen LogP contribution < -0.4 is 4.72 Å². The smallest absolute Gasteiger partial charge is 0.264 e. The van der Waals surface area contributed by atoms with E-state index in [0.29, 0.717) is 5.69 Å². The SMILES string of the molecule is CCCc1ccc(S(=O)(=O)Nc2cc(-c3ccncc3)no2)cc1. The lowest BCUT2D eigenvalue weighted by Crippen LogP contribution is -2.12. The largest absolute Gasteiger partial charge is 0.337 e. The summed E-state index contributed by atoms with van der Waals surface area (Å²) < 4.78 is 32.3. The molecule has 2 heterocycles. The zero-order chi connectivity index (χ0) is 17.0. The maximum Gasteiger partial charge on any atom is 0.264 e. The summed E-state index contributed by atoms with van der Waals surface area (Å²) in [6.07, 6.45) is 5.20. The molecule has 0 saturated heterocycles. The van der Waals surface area contributed by atoms with Gasteiger partial charge >= 0.3 is 0 Å². The number of pyridine rings is 1. The van der Waals surface area contributed by atoms with Crippen LogP contribution >= 0.6 is 0 Å². The van der Waals surface area contributed by atoms with Gasteiger partial charge in [0.25, 0.3) is 10.0 Å². The van der Waals surface area contributed by atoms with Crippen molar-refractivity contribution in [2.24, 2.45) is 0 Å². The van der Waals surface area contributed by atoms with E-state index in [1.807, 2.05) is 12.1 Å². The highest BCUT2D eigenvalue weighted by Gasteiger charge is 2.17. The normalized spacial score (nSPS) is 11.4. The molecule has 0 unspecified atom stereocenters. The highest BCUT2D eigenvalue weighted by Crippen LogP contribution is 2.23. The third-order valence-corrected chi connectivity index (χ3v) is 4.86. The minimum absolute atomic E-state index is 0.0689. The minimum Gasteiger partial charge on any atom is -0.337 e. The van der Waals surface area contributed by atoms with Gasteiger partial charge in [0.1, 0.15) is 5.69 Å². The van der Waals surface area contributed by atoms with Crippen molar-refractivity contribution in [2.75, 3.05) is 4.72 Å². The molecule has 3 aromatic rings. The van der Waals surface area contributed by atoms with Crippen LogP contribution in [0.25, 0.3) is 11.3 Å². The fourth-order valence-corrected chi connectivity index (χ4v) is 3.27. The highest BCUT2D eigenvalue weighted by molar-refractivity contribution is 7.92. The number of nitrogens with one attached hydrogen (secondary N) is 1. The fourth-order valence-electron chi connectivity index (χ4n) is 2.30. The van der Waals surface area contributed by atoms with E-state index in [9.17, 15) is 8.42 Å². The van der Waals surface area contributed by atoms with Crippen LogP contribution in [0.3, 0.4) is 0 Å². The zero-order valence-electron chi connectivity index (χ0n) is 13.1. The van der Waals surface area contributed by atoms with E-state index in [0.717, 1.165) is 24.0 Å². The predicted molar refractivity (Wildman–Crippen MR) is 91.0 cm³/mol. The van der Waals surface area contributed by atoms with Crippen LogP contribution in [0.1, 0.15) is 18.9 Å². The summed E-state index contributed by atoms with van der Waals surface area (Å²) in [5, 5.41) is 3.87. The molecule has 0 aliphatic heterocycles. The molecule has 0 amide bonds. The lowest BCUT2D eigenvalue weighted by atomic mass is 10.1. The summed E-state index contributed by atoms with van der Waals surface area (Å²) in [5.41, 5.74) is 2.44. The molecule has 1 aromatic carbocycles. The van der Waals surface area contributed by atoms with E-state index in [4.69, 9.17) is 4.52 Å². The number of benzene rings is 1. The molecule has 0 bridgehead atoms. The third kappa shape index (κ3) is 3.62. The van der Waals surface area contributed by atoms with Crippen molar-refractivity contribution in [3.05, 3.63) is 60.4 Å². The number of anilines is 1. The van der Waals surface area contributed by atoms with Crippen molar-refractivity contribution in [2.45, 2.75) is 24.7 Å². The van der Waals surface area contributed by atoms with Gasteiger partial charge in [0, 0.05) is 24.0 Å². The second-order valence-corrected chi connectivity index (χ2v) is 6.99. The second kappa shape index (κ2) is 6.84. The Morgan fingerprint density at radius 3 is 2.46 bits per heavy atom. The Kier molecular flexibility index (Phi) is 4.61. The molecule has 0 atom stereocenters. The third-order valence-electron chi connectivity index (χ3n) is 3.49. The summed E-state index contributed by atoms with van der Waals surface area (Å²) in [7, 11) is -3.71. The van der Waals surface area contributed by atoms with Crippen LogP contribution in [0.4, 0.5) is 5.88 Å². The monoisotopic (exact) mass is 343 g/mol. The first-order chi connectivity index (χ1) is 11.6. The number of rotatable bonds is 6. The van der Waals surface area contributed by atoms with Crippen LogP contribution in [0, 0.1) is 0 Å². The Balaban J connectivity index is 1.78. The number of sulfonamides is 1. The fraction of sp³-hybridized carbons (Fsp3) is 0.176. The van der Waals surface area contributed by atoms with E-state index >= 15 is 0 Å². The van der Waals surface area contributed by atoms with E-state index < -0.39 is 10.0 Å². The maximum atomic E-state index is 12.4. The van der Waals surface area contributed by atoms with E-state index in [2.05, 4.69) is 21.8 Å². The van der Waals surface area contributed by atoms with Crippen LogP contribution in [0.15, 0.2) is 64.3 Å². The Hall–Kier alpha value is -2.67. The van der Waals surface area contributed by atoms with Crippen molar-refractivity contribution in [1.29, 1.82) is 0 Å². The molecule has 3 rings (SSSR count). The van der Waals surface area contributed by atoms with Gasteiger partial charge in [0.2, 0.25) is 5.88 Å². The molecule has 0 aliphatic rings. The highest BCUT2D eigenvalue weighted by atomic mass is 32.2. The summed E-state index contributed by atoms with van der Waals surface area (Å²) in [6, 6.07) is 11.9. The van der Waals surface area contributed by atoms with Gasteiger partial charge in [0.05, 0.1) is 4.90 Å². The van der Waals surface area contributed by atoms with Crippen LogP contribution in [0.2, 0.25) is 0 Å². The number of nitrogens with zero attached hydrogens (tertiary/aromatic N) is 2. The van der Waals surface area contributed by atoms with Crippen molar-refractivity contribution in [1.82, 2.24) is 10.1 Å². The van der Waals surface area contributed by atoms with Crippen LogP contribution in [-0.4, -0.2) is 18.6 Å². The summed E-state index contributed by atoms with van der Waals surface area (Å²) >= 11 is 0. The molecule has 7 heteroatoms. The first-order valence-electron chi connectivity index (χ1n) is 7.57. The Morgan fingerprint density at radius 2 is 1.79 bits per heavy atom. The molecular formula is C17H17N3O3S. The van der Waals surface area contributed by atoms with Gasteiger partial charge in [0.15, 0.2) is 0 Å². The predicted octanol–water partition coefficient (Wildman–Crippen LogP) is 3.49. The summed E-state index contributed by atoms with van der Waals surface area (Å²) in [5.74, 6) is 0.0689. The average molecular weight is 343 g/mol. The number of aromatic nitrogens is 2. The second-order valence-electron chi connectivity index (χ2n) is 5.31. The topological polar surface area (TPSA) is 85.1 Å². The van der Waals surface area contributed by atoms with Crippen LogP contribution in [0.5, 0.6) is 0 Å². The number of aryl methyl sites for hydroxylation is 1. The minimum atomic E-state index is -3.71. The Labute approximate surface area is 140 Å². The Bertz CT molecular complexity index is 904. The molecule has 0 saturated carbocycles. The van der Waals surface area contributed by atoms with Gasteiger partial charge in [-0.1, -0.05) is 30.6 Å². The van der Waals surface area contributed by atoms with Crippen molar-refractivity contribution >= 4 is 15.9 Å². The molecule has 0 spiro atoms. The molecule has 0 fully saturated rings. The van der Waals surface area contributed by atoms with Crippen molar-refractivity contribution in [3.63, 3.8) is 0 Å². The standard InChI is InChI=1S/C17H17N3O3S/c1-2-3-13-4-6-15(7-5-13)24(21,22)20-17-12-16(19-23-17)14-8-10-18-11-9-14/h4-12,20H,2-3H2,1H3. The maximum absolute atomic E-state index is 12.4. The lowest BCUT2D eigenvalue weighted by Gasteiger charge is -2.05. The number of hydrogen-bond acceptors (Lipinski definition) is 5. The lowest BCUT2D eigenvalue weighted by molar-refractivity contribution is 0.438.